The monoisotopic (exact) mass is 515 g/mol. The number of thiazole rings is 1. The highest BCUT2D eigenvalue weighted by Gasteiger charge is 2.36. The molecule has 174 valence electrons. The summed E-state index contributed by atoms with van der Waals surface area (Å²) in [6.45, 7) is 3.16. The van der Waals surface area contributed by atoms with E-state index in [-0.39, 0.29) is 28.6 Å². The fourth-order valence-corrected chi connectivity index (χ4v) is 5.37. The van der Waals surface area contributed by atoms with Crippen molar-refractivity contribution in [3.05, 3.63) is 55.5 Å². The third-order valence-electron chi connectivity index (χ3n) is 5.21. The van der Waals surface area contributed by atoms with Gasteiger partial charge in [-0.3, -0.25) is 9.59 Å². The molecule has 33 heavy (non-hydrogen) atoms. The van der Waals surface area contributed by atoms with Crippen molar-refractivity contribution in [2.45, 2.75) is 38.5 Å². The Morgan fingerprint density at radius 1 is 1.30 bits per heavy atom. The average Bonchev–Trinajstić information content (AvgIpc) is 3.37. The second-order valence-electron chi connectivity index (χ2n) is 7.40. The van der Waals surface area contributed by atoms with Gasteiger partial charge in [0, 0.05) is 21.9 Å². The molecule has 3 aromatic rings. The van der Waals surface area contributed by atoms with E-state index in [1.165, 1.54) is 18.4 Å². The summed E-state index contributed by atoms with van der Waals surface area (Å²) in [4.78, 5) is 29.8. The van der Waals surface area contributed by atoms with Crippen molar-refractivity contribution in [1.29, 1.82) is 0 Å². The number of hydrogen-bond donors (Lipinski definition) is 1. The Balaban J connectivity index is 1.50. The van der Waals surface area contributed by atoms with E-state index >= 15 is 0 Å². The molecule has 1 N–H and O–H groups in total. The molecule has 4 rings (SSSR count). The summed E-state index contributed by atoms with van der Waals surface area (Å²) in [6, 6.07) is 2.00. The summed E-state index contributed by atoms with van der Waals surface area (Å²) in [5.41, 5.74) is 0.153. The molecular formula is C20H15ClF3N4O3S2-. The van der Waals surface area contributed by atoms with E-state index < -0.39 is 34.8 Å². The number of benzene rings is 1. The number of carbonyl (C=O) groups is 2. The van der Waals surface area contributed by atoms with Crippen LogP contribution >= 0.6 is 34.5 Å². The van der Waals surface area contributed by atoms with Gasteiger partial charge in [0.25, 0.3) is 0 Å². The van der Waals surface area contributed by atoms with Gasteiger partial charge in [0.15, 0.2) is 10.9 Å². The minimum absolute atomic E-state index is 0.148. The second-order valence-corrected chi connectivity index (χ2v) is 9.52. The molecule has 0 saturated heterocycles. The van der Waals surface area contributed by atoms with Gasteiger partial charge in [0.05, 0.1) is 40.0 Å². The molecular weight excluding hydrogens is 501 g/mol. The van der Waals surface area contributed by atoms with Crippen LogP contribution in [0.25, 0.3) is 11.3 Å². The molecule has 1 amide bonds. The largest absolute Gasteiger partial charge is 0.784 e. The van der Waals surface area contributed by atoms with Crippen molar-refractivity contribution in [1.82, 2.24) is 14.4 Å². The minimum Gasteiger partial charge on any atom is -0.784 e. The van der Waals surface area contributed by atoms with E-state index in [0.29, 0.717) is 21.2 Å². The molecule has 0 spiro atoms. The highest BCUT2D eigenvalue weighted by molar-refractivity contribution is 7.14. The number of carbonyl (C=O) groups excluding carboxylic acids is 2. The van der Waals surface area contributed by atoms with Crippen molar-refractivity contribution in [3.8, 4) is 11.3 Å². The molecule has 13 heteroatoms. The van der Waals surface area contributed by atoms with Gasteiger partial charge in [0.2, 0.25) is 5.91 Å². The topological polar surface area (TPSA) is 98.2 Å². The first-order valence-electron chi connectivity index (χ1n) is 9.58. The van der Waals surface area contributed by atoms with Crippen molar-refractivity contribution in [3.63, 3.8) is 0 Å². The molecule has 0 radical (unpaired) electrons. The highest BCUT2D eigenvalue weighted by Crippen LogP contribution is 2.38. The Bertz CT molecular complexity index is 1240. The fraction of sp³-hybridized carbons (Fsp3) is 0.300. The summed E-state index contributed by atoms with van der Waals surface area (Å²) in [5, 5.41) is 16.7. The maximum Gasteiger partial charge on any atom is 0.417 e. The molecule has 3 heterocycles. The van der Waals surface area contributed by atoms with E-state index in [4.69, 9.17) is 11.6 Å². The van der Waals surface area contributed by atoms with Crippen LogP contribution in [0.4, 0.5) is 18.3 Å². The maximum atomic E-state index is 13.1. The number of nitrogens with one attached hydrogen (secondary N) is 1. The zero-order valence-electron chi connectivity index (χ0n) is 17.1. The van der Waals surface area contributed by atoms with Gasteiger partial charge < -0.3 is 15.6 Å². The zero-order valence-corrected chi connectivity index (χ0v) is 19.5. The SMILES string of the molecule is CC1C(=O)c2c(nsc2CC(=O)Nc2nc(-c3ccc(Cl)c(C(F)(F)F)c3)cs2)C(C)N1[O-]. The van der Waals surface area contributed by atoms with Crippen molar-refractivity contribution in [2.75, 3.05) is 5.32 Å². The Labute approximate surface area is 199 Å². The van der Waals surface area contributed by atoms with Crippen LogP contribution in [0.3, 0.4) is 0 Å². The van der Waals surface area contributed by atoms with Gasteiger partial charge in [-0.25, -0.2) is 4.98 Å². The predicted molar refractivity (Wildman–Crippen MR) is 119 cm³/mol. The Morgan fingerprint density at radius 2 is 2.03 bits per heavy atom. The molecule has 0 saturated carbocycles. The Hall–Kier alpha value is -2.38. The number of amides is 1. The number of nitrogens with zero attached hydrogens (tertiary/aromatic N) is 3. The average molecular weight is 516 g/mol. The van der Waals surface area contributed by atoms with Crippen molar-refractivity contribution in [2.24, 2.45) is 0 Å². The molecule has 1 aliphatic heterocycles. The van der Waals surface area contributed by atoms with Crippen LogP contribution in [0.15, 0.2) is 23.6 Å². The number of hydrogen-bond acceptors (Lipinski definition) is 8. The predicted octanol–water partition coefficient (Wildman–Crippen LogP) is 5.57. The van der Waals surface area contributed by atoms with Gasteiger partial charge >= 0.3 is 6.18 Å². The standard InChI is InChI=1S/C20H15ClF3N4O3S2/c1-8-17-16(18(30)9(2)28(8)31)14(33-27-17)6-15(29)26-19-25-13(7-32-19)10-3-4-12(21)11(5-10)20(22,23)24/h3-5,7-9H,6H2,1-2H3,(H,25,26,29)/q-1. The maximum absolute atomic E-state index is 13.1. The molecule has 2 aromatic heterocycles. The number of fused-ring (bicyclic) bond motifs is 1. The lowest BCUT2D eigenvalue weighted by Gasteiger charge is -2.42. The van der Waals surface area contributed by atoms with Gasteiger partial charge in [-0.15, -0.1) is 11.3 Å². The van der Waals surface area contributed by atoms with Crippen molar-refractivity contribution < 1.29 is 22.8 Å². The molecule has 7 nitrogen and oxygen atoms in total. The third kappa shape index (κ3) is 4.53. The van der Waals surface area contributed by atoms with E-state index in [1.807, 2.05) is 0 Å². The number of alkyl halides is 3. The molecule has 0 fully saturated rings. The molecule has 0 aliphatic carbocycles. The number of anilines is 1. The van der Waals surface area contributed by atoms with Crippen LogP contribution < -0.4 is 5.32 Å². The Morgan fingerprint density at radius 3 is 2.73 bits per heavy atom. The van der Waals surface area contributed by atoms with Crippen molar-refractivity contribution >= 4 is 51.3 Å². The summed E-state index contributed by atoms with van der Waals surface area (Å²) in [5.74, 6) is -0.846. The summed E-state index contributed by atoms with van der Waals surface area (Å²) < 4.78 is 43.5. The van der Waals surface area contributed by atoms with E-state index in [0.717, 1.165) is 35.0 Å². The smallest absolute Gasteiger partial charge is 0.417 e. The number of halogens is 4. The van der Waals surface area contributed by atoms with Gasteiger partial charge in [-0.05, 0) is 37.5 Å². The number of aromatic nitrogens is 2. The first kappa shape index (κ1) is 23.8. The van der Waals surface area contributed by atoms with Gasteiger partial charge in [0.1, 0.15) is 0 Å². The van der Waals surface area contributed by atoms with Crippen LogP contribution in [0.1, 0.15) is 46.4 Å². The lowest BCUT2D eigenvalue weighted by molar-refractivity contribution is -0.137. The lowest BCUT2D eigenvalue weighted by atomic mass is 9.93. The molecule has 0 bridgehead atoms. The summed E-state index contributed by atoms with van der Waals surface area (Å²) in [6.07, 6.45) is -4.76. The summed E-state index contributed by atoms with van der Waals surface area (Å²) in [7, 11) is 0. The number of Topliss-reactive ketones (excluding diaryl/α,β-unsaturated/α-hetero) is 1. The molecule has 1 aromatic carbocycles. The normalized spacial score (nSPS) is 18.9. The first-order valence-corrected chi connectivity index (χ1v) is 11.6. The number of ketones is 1. The van der Waals surface area contributed by atoms with Crippen LogP contribution in [0.5, 0.6) is 0 Å². The Kier molecular flexibility index (Phi) is 6.31. The minimum atomic E-state index is -4.61. The van der Waals surface area contributed by atoms with Gasteiger partial charge in [-0.1, -0.05) is 17.7 Å². The molecule has 2 atom stereocenters. The number of hydroxylamine groups is 2. The van der Waals surface area contributed by atoms with Crippen LogP contribution in [0, 0.1) is 5.21 Å². The van der Waals surface area contributed by atoms with E-state index in [1.54, 1.807) is 6.92 Å². The molecule has 1 aliphatic rings. The second kappa shape index (κ2) is 8.76. The molecule has 2 unspecified atom stereocenters. The number of rotatable bonds is 4. The zero-order chi connectivity index (χ0) is 24.1. The van der Waals surface area contributed by atoms with E-state index in [2.05, 4.69) is 14.7 Å². The van der Waals surface area contributed by atoms with Crippen LogP contribution in [-0.4, -0.2) is 32.2 Å². The van der Waals surface area contributed by atoms with Crippen LogP contribution in [0.2, 0.25) is 5.02 Å². The van der Waals surface area contributed by atoms with Gasteiger partial charge in [-0.2, -0.15) is 17.5 Å². The summed E-state index contributed by atoms with van der Waals surface area (Å²) >= 11 is 7.69. The van der Waals surface area contributed by atoms with Crippen LogP contribution in [-0.2, 0) is 17.4 Å². The third-order valence-corrected chi connectivity index (χ3v) is 7.16. The fourth-order valence-electron chi connectivity index (χ4n) is 3.46. The van der Waals surface area contributed by atoms with E-state index in [9.17, 15) is 28.0 Å². The quantitative estimate of drug-likeness (QED) is 0.488. The lowest BCUT2D eigenvalue weighted by Crippen LogP contribution is -2.42. The highest BCUT2D eigenvalue weighted by atomic mass is 35.5. The first-order chi connectivity index (χ1) is 15.5.